The molecule has 0 saturated carbocycles. The third-order valence-corrected chi connectivity index (χ3v) is 5.52. The smallest absolute Gasteiger partial charge is 0.219 e. The molecule has 0 aliphatic carbocycles. The first-order chi connectivity index (χ1) is 15.7. The number of anilines is 1. The van der Waals surface area contributed by atoms with Crippen molar-refractivity contribution in [3.8, 4) is 11.1 Å². The summed E-state index contributed by atoms with van der Waals surface area (Å²) in [4.78, 5) is 19.9. The van der Waals surface area contributed by atoms with Gasteiger partial charge in [0.1, 0.15) is 12.0 Å². The molecule has 0 fully saturated rings. The molecule has 1 unspecified atom stereocenters. The van der Waals surface area contributed by atoms with E-state index >= 15 is 0 Å². The van der Waals surface area contributed by atoms with Crippen LogP contribution in [0.2, 0.25) is 0 Å². The summed E-state index contributed by atoms with van der Waals surface area (Å²) in [7, 11) is 2.02. The molecule has 0 bridgehead atoms. The fourth-order valence-corrected chi connectivity index (χ4v) is 3.98. The fourth-order valence-electron chi connectivity index (χ4n) is 3.98. The van der Waals surface area contributed by atoms with E-state index < -0.39 is 0 Å². The number of nitrogens with one attached hydrogen (secondary N) is 1. The van der Waals surface area contributed by atoms with Crippen LogP contribution in [-0.2, 0) is 6.54 Å². The summed E-state index contributed by atoms with van der Waals surface area (Å²) in [6, 6.07) is 22.5. The molecule has 3 N–H and O–H groups in total. The van der Waals surface area contributed by atoms with Crippen LogP contribution in [0.15, 0.2) is 90.3 Å². The van der Waals surface area contributed by atoms with Gasteiger partial charge in [-0.2, -0.15) is 0 Å². The average molecular weight is 422 g/mol. The summed E-state index contributed by atoms with van der Waals surface area (Å²) in [5.74, 6) is 1.02. The van der Waals surface area contributed by atoms with Crippen LogP contribution in [0.5, 0.6) is 0 Å². The van der Waals surface area contributed by atoms with Crippen molar-refractivity contribution in [1.29, 1.82) is 0 Å². The zero-order valence-corrected chi connectivity index (χ0v) is 17.7. The first-order valence-corrected chi connectivity index (χ1v) is 10.4. The molecule has 2 aromatic carbocycles. The summed E-state index contributed by atoms with van der Waals surface area (Å²) < 4.78 is 0. The van der Waals surface area contributed by atoms with E-state index in [1.807, 2.05) is 49.6 Å². The van der Waals surface area contributed by atoms with Gasteiger partial charge in [0.25, 0.3) is 0 Å². The summed E-state index contributed by atoms with van der Waals surface area (Å²) in [5, 5.41) is 3.68. The lowest BCUT2D eigenvalue weighted by atomic mass is 9.94. The van der Waals surface area contributed by atoms with Crippen molar-refractivity contribution >= 4 is 17.5 Å². The topological polar surface area (TPSA) is 92.3 Å². The van der Waals surface area contributed by atoms with Gasteiger partial charge in [-0.15, -0.1) is 0 Å². The van der Waals surface area contributed by atoms with Gasteiger partial charge in [0.05, 0.1) is 16.9 Å². The highest BCUT2D eigenvalue weighted by atomic mass is 15.3. The van der Waals surface area contributed by atoms with Crippen molar-refractivity contribution in [3.05, 3.63) is 102 Å². The van der Waals surface area contributed by atoms with Crippen molar-refractivity contribution in [1.82, 2.24) is 25.2 Å². The molecule has 0 spiro atoms. The molecule has 3 heterocycles. The van der Waals surface area contributed by atoms with Crippen LogP contribution >= 0.6 is 0 Å². The maximum Gasteiger partial charge on any atom is 0.219 e. The van der Waals surface area contributed by atoms with Crippen molar-refractivity contribution in [2.75, 3.05) is 12.8 Å². The van der Waals surface area contributed by atoms with E-state index in [-0.39, 0.29) is 12.1 Å². The summed E-state index contributed by atoms with van der Waals surface area (Å²) in [6.45, 7) is 0.615. The number of nitrogen functional groups attached to an aromatic ring is 1. The second-order valence-corrected chi connectivity index (χ2v) is 7.59. The third kappa shape index (κ3) is 3.81. The predicted octanol–water partition coefficient (Wildman–Crippen LogP) is 3.93. The Labute approximate surface area is 186 Å². The van der Waals surface area contributed by atoms with Gasteiger partial charge in [0.2, 0.25) is 5.95 Å². The molecule has 0 radical (unpaired) electrons. The largest absolute Gasteiger partial charge is 0.368 e. The minimum absolute atomic E-state index is 0.131. The number of aliphatic imine (C=N–C) groups is 1. The molecule has 5 rings (SSSR count). The van der Waals surface area contributed by atoms with E-state index in [0.29, 0.717) is 6.54 Å². The predicted molar refractivity (Wildman–Crippen MR) is 126 cm³/mol. The zero-order chi connectivity index (χ0) is 21.9. The number of nitrogens with two attached hydrogens (primary N) is 1. The lowest BCUT2D eigenvalue weighted by molar-refractivity contribution is 0.305. The maximum atomic E-state index is 5.70. The van der Waals surface area contributed by atoms with Gasteiger partial charge in [-0.25, -0.2) is 15.0 Å². The summed E-state index contributed by atoms with van der Waals surface area (Å²) >= 11 is 0. The molecule has 1 aliphatic heterocycles. The third-order valence-electron chi connectivity index (χ3n) is 5.52. The summed E-state index contributed by atoms with van der Waals surface area (Å²) in [6.07, 6.45) is 5.09. The molecule has 4 aromatic rings. The molecule has 158 valence electrons. The molecule has 0 saturated heterocycles. The van der Waals surface area contributed by atoms with E-state index in [1.165, 1.54) is 0 Å². The lowest BCUT2D eigenvalue weighted by Gasteiger charge is -2.37. The number of rotatable bonds is 5. The first kappa shape index (κ1) is 19.8. The highest BCUT2D eigenvalue weighted by molar-refractivity contribution is 6.02. The van der Waals surface area contributed by atoms with E-state index in [0.717, 1.165) is 39.5 Å². The van der Waals surface area contributed by atoms with Gasteiger partial charge < -0.3 is 10.6 Å². The van der Waals surface area contributed by atoms with Crippen LogP contribution in [0, 0.1) is 0 Å². The normalized spacial score (nSPS) is 15.2. The highest BCUT2D eigenvalue weighted by Crippen LogP contribution is 2.40. The SMILES string of the molecule is CN1C(c2cnc(N)nc2)=Nc2cccc(-c3ccccc3)c2C1NCc1ccccn1. The molecule has 32 heavy (non-hydrogen) atoms. The van der Waals surface area contributed by atoms with Crippen molar-refractivity contribution in [2.24, 2.45) is 4.99 Å². The molecule has 2 aromatic heterocycles. The van der Waals surface area contributed by atoms with Gasteiger partial charge in [-0.05, 0) is 29.3 Å². The number of benzene rings is 2. The van der Waals surface area contributed by atoms with Crippen molar-refractivity contribution < 1.29 is 0 Å². The van der Waals surface area contributed by atoms with Gasteiger partial charge >= 0.3 is 0 Å². The number of fused-ring (bicyclic) bond motifs is 1. The van der Waals surface area contributed by atoms with Crippen LogP contribution in [-0.4, -0.2) is 32.7 Å². The Morgan fingerprint density at radius 2 is 1.66 bits per heavy atom. The van der Waals surface area contributed by atoms with Crippen LogP contribution in [0.1, 0.15) is 23.0 Å². The Morgan fingerprint density at radius 3 is 2.41 bits per heavy atom. The summed E-state index contributed by atoms with van der Waals surface area (Å²) in [5.41, 5.74) is 11.8. The van der Waals surface area contributed by atoms with Crippen molar-refractivity contribution in [3.63, 3.8) is 0 Å². The van der Waals surface area contributed by atoms with Gasteiger partial charge in [-0.1, -0.05) is 48.5 Å². The van der Waals surface area contributed by atoms with Gasteiger partial charge in [-0.3, -0.25) is 10.3 Å². The van der Waals surface area contributed by atoms with Crippen LogP contribution in [0.25, 0.3) is 11.1 Å². The second-order valence-electron chi connectivity index (χ2n) is 7.59. The molecule has 7 nitrogen and oxygen atoms in total. The van der Waals surface area contributed by atoms with Gasteiger partial charge in [0, 0.05) is 37.7 Å². The van der Waals surface area contributed by atoms with Gasteiger partial charge in [0.15, 0.2) is 0 Å². The zero-order valence-electron chi connectivity index (χ0n) is 17.7. The number of amidine groups is 1. The molecule has 1 aliphatic rings. The quantitative estimate of drug-likeness (QED) is 0.507. The Balaban J connectivity index is 1.62. The van der Waals surface area contributed by atoms with Crippen LogP contribution in [0.4, 0.5) is 11.6 Å². The molecular weight excluding hydrogens is 398 g/mol. The standard InChI is InChI=1S/C25H23N7/c1-32-23(18-14-29-25(26)30-15-18)31-21-12-7-11-20(17-8-3-2-4-9-17)22(21)24(32)28-16-19-10-5-6-13-27-19/h2-15,24,28H,16H2,1H3,(H2,26,29,30). The minimum atomic E-state index is -0.131. The highest BCUT2D eigenvalue weighted by Gasteiger charge is 2.30. The Morgan fingerprint density at radius 1 is 0.875 bits per heavy atom. The molecule has 0 amide bonds. The number of hydrogen-bond acceptors (Lipinski definition) is 7. The Hall–Kier alpha value is -4.10. The number of aromatic nitrogens is 3. The monoisotopic (exact) mass is 421 g/mol. The fraction of sp³-hybridized carbons (Fsp3) is 0.120. The Kier molecular flexibility index (Phi) is 5.31. The molecule has 7 heteroatoms. The van der Waals surface area contributed by atoms with Crippen LogP contribution in [0.3, 0.4) is 0 Å². The minimum Gasteiger partial charge on any atom is -0.368 e. The number of pyridine rings is 1. The van der Waals surface area contributed by atoms with E-state index in [4.69, 9.17) is 10.7 Å². The lowest BCUT2D eigenvalue weighted by Crippen LogP contribution is -2.42. The van der Waals surface area contributed by atoms with E-state index in [1.54, 1.807) is 12.4 Å². The van der Waals surface area contributed by atoms with E-state index in [2.05, 4.69) is 55.5 Å². The Bertz CT molecular complexity index is 1240. The number of nitrogens with zero attached hydrogens (tertiary/aromatic N) is 5. The van der Waals surface area contributed by atoms with E-state index in [9.17, 15) is 0 Å². The molecule has 1 atom stereocenters. The second kappa shape index (κ2) is 8.56. The van der Waals surface area contributed by atoms with Crippen molar-refractivity contribution in [2.45, 2.75) is 12.7 Å². The average Bonchev–Trinajstić information content (AvgIpc) is 2.84. The number of hydrogen-bond donors (Lipinski definition) is 2. The van der Waals surface area contributed by atoms with Crippen LogP contribution < -0.4 is 11.1 Å². The maximum absolute atomic E-state index is 5.70. The first-order valence-electron chi connectivity index (χ1n) is 10.4. The molecular formula is C25H23N7.